The summed E-state index contributed by atoms with van der Waals surface area (Å²) in [7, 11) is 0. The molecule has 116 valence electrons. The highest BCUT2D eigenvalue weighted by Gasteiger charge is 2.17. The van der Waals surface area contributed by atoms with Gasteiger partial charge in [0.2, 0.25) is 0 Å². The standard InChI is InChI=1S/C19H18FN3/c20-16-8-4-7-15-18(23-11-9-21-10-12-23)13-17(22-19(15)16)14-5-2-1-3-6-14/h1-8,13,21H,9-12H2. The van der Waals surface area contributed by atoms with E-state index < -0.39 is 0 Å². The predicted octanol–water partition coefficient (Wildman–Crippen LogP) is 3.45. The Morgan fingerprint density at radius 2 is 1.74 bits per heavy atom. The predicted molar refractivity (Wildman–Crippen MR) is 92.2 cm³/mol. The van der Waals surface area contributed by atoms with Crippen LogP contribution < -0.4 is 10.2 Å². The third-order valence-electron chi connectivity index (χ3n) is 4.30. The van der Waals surface area contributed by atoms with Crippen molar-refractivity contribution < 1.29 is 4.39 Å². The van der Waals surface area contributed by atoms with Crippen LogP contribution in [0, 0.1) is 5.82 Å². The summed E-state index contributed by atoms with van der Waals surface area (Å²) in [6, 6.07) is 17.2. The van der Waals surface area contributed by atoms with E-state index in [0.29, 0.717) is 5.52 Å². The monoisotopic (exact) mass is 307 g/mol. The number of anilines is 1. The molecule has 0 unspecified atom stereocenters. The second kappa shape index (κ2) is 5.97. The zero-order valence-corrected chi connectivity index (χ0v) is 12.8. The van der Waals surface area contributed by atoms with Gasteiger partial charge in [-0.05, 0) is 12.1 Å². The molecular formula is C19H18FN3. The van der Waals surface area contributed by atoms with Crippen LogP contribution in [0.3, 0.4) is 0 Å². The molecule has 0 bridgehead atoms. The first-order valence-corrected chi connectivity index (χ1v) is 7.93. The first-order valence-electron chi connectivity index (χ1n) is 7.93. The Labute approximate surface area is 134 Å². The summed E-state index contributed by atoms with van der Waals surface area (Å²) in [5.74, 6) is -0.267. The van der Waals surface area contributed by atoms with Crippen LogP contribution in [0.2, 0.25) is 0 Å². The molecule has 23 heavy (non-hydrogen) atoms. The van der Waals surface area contributed by atoms with Crippen LogP contribution >= 0.6 is 0 Å². The lowest BCUT2D eigenvalue weighted by Gasteiger charge is -2.30. The normalized spacial score (nSPS) is 15.1. The lowest BCUT2D eigenvalue weighted by atomic mass is 10.1. The maximum absolute atomic E-state index is 14.3. The number of para-hydroxylation sites is 1. The van der Waals surface area contributed by atoms with Gasteiger partial charge in [0, 0.05) is 42.8 Å². The molecular weight excluding hydrogens is 289 g/mol. The van der Waals surface area contributed by atoms with Gasteiger partial charge in [-0.1, -0.05) is 42.5 Å². The molecule has 4 heteroatoms. The number of benzene rings is 2. The van der Waals surface area contributed by atoms with Crippen molar-refractivity contribution in [2.45, 2.75) is 0 Å². The topological polar surface area (TPSA) is 28.2 Å². The van der Waals surface area contributed by atoms with Crippen molar-refractivity contribution in [1.29, 1.82) is 0 Å². The Morgan fingerprint density at radius 1 is 0.957 bits per heavy atom. The van der Waals surface area contributed by atoms with Gasteiger partial charge in [-0.3, -0.25) is 0 Å². The zero-order valence-electron chi connectivity index (χ0n) is 12.8. The summed E-state index contributed by atoms with van der Waals surface area (Å²) in [5, 5.41) is 4.24. The molecule has 4 rings (SSSR count). The second-order valence-electron chi connectivity index (χ2n) is 5.77. The molecule has 2 aromatic carbocycles. The fourth-order valence-electron chi connectivity index (χ4n) is 3.12. The van der Waals surface area contributed by atoms with Gasteiger partial charge in [0.05, 0.1) is 5.69 Å². The van der Waals surface area contributed by atoms with E-state index in [1.807, 2.05) is 36.4 Å². The van der Waals surface area contributed by atoms with Crippen LogP contribution in [-0.2, 0) is 0 Å². The van der Waals surface area contributed by atoms with Crippen molar-refractivity contribution in [3.05, 3.63) is 60.4 Å². The highest BCUT2D eigenvalue weighted by Crippen LogP contribution is 2.32. The molecule has 1 fully saturated rings. The third-order valence-corrected chi connectivity index (χ3v) is 4.30. The number of nitrogens with one attached hydrogen (secondary N) is 1. The Kier molecular flexibility index (Phi) is 3.67. The van der Waals surface area contributed by atoms with Crippen molar-refractivity contribution in [3.63, 3.8) is 0 Å². The summed E-state index contributed by atoms with van der Waals surface area (Å²) >= 11 is 0. The Balaban J connectivity index is 1.93. The fourth-order valence-corrected chi connectivity index (χ4v) is 3.12. The molecule has 1 N–H and O–H groups in total. The third kappa shape index (κ3) is 2.66. The molecule has 1 saturated heterocycles. The molecule has 1 aromatic heterocycles. The van der Waals surface area contributed by atoms with Crippen molar-refractivity contribution in [3.8, 4) is 11.3 Å². The Morgan fingerprint density at radius 3 is 2.52 bits per heavy atom. The van der Waals surface area contributed by atoms with E-state index in [-0.39, 0.29) is 5.82 Å². The van der Waals surface area contributed by atoms with Crippen LogP contribution in [0.25, 0.3) is 22.2 Å². The van der Waals surface area contributed by atoms with E-state index in [2.05, 4.69) is 21.3 Å². The van der Waals surface area contributed by atoms with Crippen LogP contribution in [0.15, 0.2) is 54.6 Å². The van der Waals surface area contributed by atoms with Gasteiger partial charge in [-0.25, -0.2) is 9.37 Å². The van der Waals surface area contributed by atoms with Gasteiger partial charge in [-0.2, -0.15) is 0 Å². The van der Waals surface area contributed by atoms with E-state index in [4.69, 9.17) is 0 Å². The summed E-state index contributed by atoms with van der Waals surface area (Å²) in [6.45, 7) is 3.73. The van der Waals surface area contributed by atoms with Crippen molar-refractivity contribution in [2.24, 2.45) is 0 Å². The minimum absolute atomic E-state index is 0.267. The van der Waals surface area contributed by atoms with Gasteiger partial charge in [0.25, 0.3) is 0 Å². The SMILES string of the molecule is Fc1cccc2c(N3CCNCC3)cc(-c3ccccc3)nc12. The maximum atomic E-state index is 14.3. The number of rotatable bonds is 2. The highest BCUT2D eigenvalue weighted by atomic mass is 19.1. The van der Waals surface area contributed by atoms with Crippen molar-refractivity contribution >= 4 is 16.6 Å². The number of hydrogen-bond acceptors (Lipinski definition) is 3. The molecule has 0 spiro atoms. The molecule has 0 saturated carbocycles. The molecule has 1 aliphatic rings. The number of nitrogens with zero attached hydrogens (tertiary/aromatic N) is 2. The molecule has 2 heterocycles. The van der Waals surface area contributed by atoms with Gasteiger partial charge in [0.15, 0.2) is 0 Å². The minimum atomic E-state index is -0.267. The minimum Gasteiger partial charge on any atom is -0.368 e. The molecule has 0 amide bonds. The fraction of sp³-hybridized carbons (Fsp3) is 0.211. The molecule has 3 aromatic rings. The lowest BCUT2D eigenvalue weighted by Crippen LogP contribution is -2.43. The Bertz CT molecular complexity index is 827. The average molecular weight is 307 g/mol. The molecule has 0 aliphatic carbocycles. The van der Waals surface area contributed by atoms with E-state index >= 15 is 0 Å². The van der Waals surface area contributed by atoms with Gasteiger partial charge < -0.3 is 10.2 Å². The molecule has 0 atom stereocenters. The number of pyridine rings is 1. The zero-order chi connectivity index (χ0) is 15.6. The van der Waals surface area contributed by atoms with E-state index in [0.717, 1.165) is 48.5 Å². The van der Waals surface area contributed by atoms with Crippen molar-refractivity contribution in [1.82, 2.24) is 10.3 Å². The Hall–Kier alpha value is -2.46. The van der Waals surface area contributed by atoms with E-state index in [1.165, 1.54) is 6.07 Å². The summed E-state index contributed by atoms with van der Waals surface area (Å²) in [6.07, 6.45) is 0. The summed E-state index contributed by atoms with van der Waals surface area (Å²) in [5.41, 5.74) is 3.34. The van der Waals surface area contributed by atoms with Crippen LogP contribution in [-0.4, -0.2) is 31.2 Å². The number of fused-ring (bicyclic) bond motifs is 1. The highest BCUT2D eigenvalue weighted by molar-refractivity contribution is 5.94. The number of aromatic nitrogens is 1. The average Bonchev–Trinajstić information content (AvgIpc) is 2.63. The van der Waals surface area contributed by atoms with Gasteiger partial charge in [0.1, 0.15) is 11.3 Å². The van der Waals surface area contributed by atoms with E-state index in [1.54, 1.807) is 6.07 Å². The summed E-state index contributed by atoms with van der Waals surface area (Å²) < 4.78 is 14.3. The van der Waals surface area contributed by atoms with Gasteiger partial charge in [-0.15, -0.1) is 0 Å². The van der Waals surface area contributed by atoms with Gasteiger partial charge >= 0.3 is 0 Å². The summed E-state index contributed by atoms with van der Waals surface area (Å²) in [4.78, 5) is 6.90. The quantitative estimate of drug-likeness (QED) is 0.786. The first kappa shape index (κ1) is 14.2. The van der Waals surface area contributed by atoms with Crippen LogP contribution in [0.4, 0.5) is 10.1 Å². The van der Waals surface area contributed by atoms with Crippen LogP contribution in [0.5, 0.6) is 0 Å². The maximum Gasteiger partial charge on any atom is 0.149 e. The van der Waals surface area contributed by atoms with E-state index in [9.17, 15) is 4.39 Å². The lowest BCUT2D eigenvalue weighted by molar-refractivity contribution is 0.590. The largest absolute Gasteiger partial charge is 0.368 e. The van der Waals surface area contributed by atoms with Crippen LogP contribution in [0.1, 0.15) is 0 Å². The number of hydrogen-bond donors (Lipinski definition) is 1. The molecule has 3 nitrogen and oxygen atoms in total. The number of halogens is 1. The second-order valence-corrected chi connectivity index (χ2v) is 5.77. The smallest absolute Gasteiger partial charge is 0.149 e. The first-order chi connectivity index (χ1) is 11.3. The molecule has 1 aliphatic heterocycles. The molecule has 0 radical (unpaired) electrons. The van der Waals surface area contributed by atoms with Crippen molar-refractivity contribution in [2.75, 3.05) is 31.1 Å². The number of piperazine rings is 1.